The Morgan fingerprint density at radius 3 is 2.42 bits per heavy atom. The molecule has 24 heavy (non-hydrogen) atoms. The Labute approximate surface area is 147 Å². The number of piperidine rings is 1. The van der Waals surface area contributed by atoms with Crippen LogP contribution in [-0.4, -0.2) is 56.7 Å². The summed E-state index contributed by atoms with van der Waals surface area (Å²) in [5, 5.41) is 9.20. The zero-order valence-electron chi connectivity index (χ0n) is 14.9. The van der Waals surface area contributed by atoms with Gasteiger partial charge in [-0.3, -0.25) is 0 Å². The minimum atomic E-state index is -1.12. The zero-order valence-corrected chi connectivity index (χ0v) is 15.7. The molecule has 3 atom stereocenters. The molecule has 6 nitrogen and oxygen atoms in total. The average molecular weight is 359 g/mol. The minimum Gasteiger partial charge on any atom is -0.598 e. The first-order chi connectivity index (χ1) is 11.2. The molecular weight excluding hydrogens is 328 g/mol. The van der Waals surface area contributed by atoms with Gasteiger partial charge in [0, 0.05) is 24.5 Å². The number of hydrogen-bond acceptors (Lipinski definition) is 4. The van der Waals surface area contributed by atoms with E-state index >= 15 is 0 Å². The smallest absolute Gasteiger partial charge is 0.407 e. The van der Waals surface area contributed by atoms with E-state index in [0.717, 1.165) is 38.5 Å². The van der Waals surface area contributed by atoms with Crippen molar-refractivity contribution in [3.63, 3.8) is 0 Å². The molecule has 0 aromatic heterocycles. The lowest BCUT2D eigenvalue weighted by atomic mass is 9.74. The van der Waals surface area contributed by atoms with Crippen molar-refractivity contribution in [2.24, 2.45) is 5.41 Å². The van der Waals surface area contributed by atoms with Crippen LogP contribution in [0.25, 0.3) is 0 Å². The van der Waals surface area contributed by atoms with Crippen LogP contribution in [0.15, 0.2) is 0 Å². The Bertz CT molecular complexity index is 470. The van der Waals surface area contributed by atoms with E-state index in [1.165, 1.54) is 4.90 Å². The highest BCUT2D eigenvalue weighted by molar-refractivity contribution is 7.90. The van der Waals surface area contributed by atoms with Gasteiger partial charge < -0.3 is 19.3 Å². The standard InChI is InChI=1S/C17H30N2O4S/c1-16(2,3)24(22)18-14-10-13(23-12-4-5-12)11-17(14)6-8-19(9-7-17)15(20)21/h12-14,18H,4-11H2,1-3H3,(H,20,21)/t13-,14+,24+/m0/s1. The van der Waals surface area contributed by atoms with Crippen molar-refractivity contribution in [1.82, 2.24) is 9.62 Å². The van der Waals surface area contributed by atoms with Crippen molar-refractivity contribution in [3.05, 3.63) is 0 Å². The second kappa shape index (κ2) is 6.67. The predicted octanol–water partition coefficient (Wildman–Crippen LogP) is 2.51. The fourth-order valence-electron chi connectivity index (χ4n) is 3.95. The van der Waals surface area contributed by atoms with Gasteiger partial charge in [-0.25, -0.2) is 4.79 Å². The second-order valence-corrected chi connectivity index (χ2v) is 10.6. The molecule has 3 rings (SSSR count). The van der Waals surface area contributed by atoms with Gasteiger partial charge in [-0.1, -0.05) is 0 Å². The molecule has 1 aliphatic heterocycles. The number of likely N-dealkylation sites (tertiary alicyclic amines) is 1. The molecule has 138 valence electrons. The maximum absolute atomic E-state index is 12.6. The zero-order chi connectivity index (χ0) is 17.5. The second-order valence-electron chi connectivity index (χ2n) is 8.58. The van der Waals surface area contributed by atoms with Crippen LogP contribution in [0.1, 0.15) is 59.3 Å². The van der Waals surface area contributed by atoms with Gasteiger partial charge in [0.2, 0.25) is 0 Å². The summed E-state index contributed by atoms with van der Waals surface area (Å²) in [5.41, 5.74) is 0.00637. The summed E-state index contributed by atoms with van der Waals surface area (Å²) in [7, 11) is 0. The quantitative estimate of drug-likeness (QED) is 0.754. The highest BCUT2D eigenvalue weighted by atomic mass is 32.2. The lowest BCUT2D eigenvalue weighted by molar-refractivity contribution is 0.0260. The van der Waals surface area contributed by atoms with Crippen LogP contribution in [0.5, 0.6) is 0 Å². The van der Waals surface area contributed by atoms with E-state index < -0.39 is 17.5 Å². The summed E-state index contributed by atoms with van der Waals surface area (Å²) in [6.07, 6.45) is 5.58. The molecule has 0 aromatic carbocycles. The number of nitrogens with one attached hydrogen (secondary N) is 1. The van der Waals surface area contributed by atoms with Crippen molar-refractivity contribution in [1.29, 1.82) is 0 Å². The average Bonchev–Trinajstić information content (AvgIpc) is 3.24. The number of ether oxygens (including phenoxy) is 1. The topological polar surface area (TPSA) is 84.9 Å². The Balaban J connectivity index is 1.69. The van der Waals surface area contributed by atoms with Crippen molar-refractivity contribution >= 4 is 17.5 Å². The maximum atomic E-state index is 12.6. The Kier molecular flexibility index (Phi) is 5.08. The van der Waals surface area contributed by atoms with Crippen molar-refractivity contribution in [2.75, 3.05) is 13.1 Å². The highest BCUT2D eigenvalue weighted by Crippen LogP contribution is 2.49. The van der Waals surface area contributed by atoms with Crippen LogP contribution < -0.4 is 4.72 Å². The molecule has 2 aliphatic carbocycles. The van der Waals surface area contributed by atoms with Crippen molar-refractivity contribution in [2.45, 2.75) is 82.3 Å². The van der Waals surface area contributed by atoms with Crippen LogP contribution in [0.4, 0.5) is 4.79 Å². The molecule has 2 saturated carbocycles. The van der Waals surface area contributed by atoms with Crippen molar-refractivity contribution in [3.8, 4) is 0 Å². The van der Waals surface area contributed by atoms with E-state index in [4.69, 9.17) is 4.74 Å². The molecule has 3 fully saturated rings. The van der Waals surface area contributed by atoms with Crippen LogP contribution in [0.2, 0.25) is 0 Å². The van der Waals surface area contributed by atoms with Gasteiger partial charge in [-0.05, 0) is 64.7 Å². The van der Waals surface area contributed by atoms with E-state index in [0.29, 0.717) is 19.2 Å². The van der Waals surface area contributed by atoms with Crippen LogP contribution in [-0.2, 0) is 16.1 Å². The number of carboxylic acid groups (broad SMARTS) is 1. The van der Waals surface area contributed by atoms with E-state index in [-0.39, 0.29) is 22.3 Å². The van der Waals surface area contributed by atoms with E-state index in [9.17, 15) is 14.5 Å². The monoisotopic (exact) mass is 358 g/mol. The number of amides is 1. The lowest BCUT2D eigenvalue weighted by Crippen LogP contribution is -2.53. The molecule has 0 bridgehead atoms. The minimum absolute atomic E-state index is 0.00637. The van der Waals surface area contributed by atoms with Crippen molar-refractivity contribution < 1.29 is 19.2 Å². The van der Waals surface area contributed by atoms with Gasteiger partial charge in [-0.15, -0.1) is 4.72 Å². The van der Waals surface area contributed by atoms with Gasteiger partial charge in [0.1, 0.15) is 4.75 Å². The third-order valence-corrected chi connectivity index (χ3v) is 7.23. The molecule has 7 heteroatoms. The van der Waals surface area contributed by atoms with Crippen LogP contribution >= 0.6 is 0 Å². The van der Waals surface area contributed by atoms with Gasteiger partial charge in [0.05, 0.1) is 18.2 Å². The molecule has 0 radical (unpaired) electrons. The first kappa shape index (κ1) is 18.3. The third-order valence-electron chi connectivity index (χ3n) is 5.62. The lowest BCUT2D eigenvalue weighted by Gasteiger charge is -2.42. The molecule has 1 spiro atoms. The molecular formula is C17H30N2O4S. The first-order valence-corrected chi connectivity index (χ1v) is 10.2. The van der Waals surface area contributed by atoms with Crippen LogP contribution in [0, 0.1) is 5.41 Å². The summed E-state index contributed by atoms with van der Waals surface area (Å²) < 4.78 is 21.8. The number of hydrogen-bond donors (Lipinski definition) is 2. The van der Waals surface area contributed by atoms with E-state index in [1.54, 1.807) is 0 Å². The van der Waals surface area contributed by atoms with Gasteiger partial charge in [0.25, 0.3) is 0 Å². The first-order valence-electron chi connectivity index (χ1n) is 9.01. The Morgan fingerprint density at radius 2 is 1.92 bits per heavy atom. The summed E-state index contributed by atoms with van der Waals surface area (Å²) in [4.78, 5) is 12.7. The molecule has 0 aromatic rings. The van der Waals surface area contributed by atoms with Gasteiger partial charge >= 0.3 is 6.09 Å². The summed E-state index contributed by atoms with van der Waals surface area (Å²) in [6.45, 7) is 7.05. The fraction of sp³-hybridized carbons (Fsp3) is 0.941. The normalized spacial score (nSPS) is 31.4. The predicted molar refractivity (Wildman–Crippen MR) is 93.2 cm³/mol. The third kappa shape index (κ3) is 4.00. The molecule has 1 amide bonds. The number of rotatable bonds is 4. The van der Waals surface area contributed by atoms with Crippen LogP contribution in [0.3, 0.4) is 0 Å². The maximum Gasteiger partial charge on any atom is 0.407 e. The fourth-order valence-corrected chi connectivity index (χ4v) is 4.91. The number of nitrogens with zero attached hydrogens (tertiary/aromatic N) is 1. The molecule has 1 saturated heterocycles. The Morgan fingerprint density at radius 1 is 1.29 bits per heavy atom. The highest BCUT2D eigenvalue weighted by Gasteiger charge is 2.52. The van der Waals surface area contributed by atoms with E-state index in [1.807, 2.05) is 20.8 Å². The Hall–Kier alpha value is -0.500. The number of carbonyl (C=O) groups is 1. The largest absolute Gasteiger partial charge is 0.598 e. The van der Waals surface area contributed by atoms with Gasteiger partial charge in [-0.2, -0.15) is 0 Å². The van der Waals surface area contributed by atoms with Gasteiger partial charge in [0.15, 0.2) is 0 Å². The summed E-state index contributed by atoms with van der Waals surface area (Å²) in [6, 6.07) is 0.136. The molecule has 0 unspecified atom stereocenters. The molecule has 3 aliphatic rings. The SMILES string of the molecule is CC(C)(C)[S@@+]([O-])N[C@@H]1C[C@H](OC2CC2)CC12CCN(C(=O)O)CC2. The molecule has 2 N–H and O–H groups in total. The molecule has 1 heterocycles. The summed E-state index contributed by atoms with van der Waals surface area (Å²) >= 11 is -1.12. The summed E-state index contributed by atoms with van der Waals surface area (Å²) in [5.74, 6) is 0. The van der Waals surface area contributed by atoms with E-state index in [2.05, 4.69) is 4.72 Å².